The van der Waals surface area contributed by atoms with Crippen LogP contribution in [0.25, 0.3) is 0 Å². The molecule has 146 valence electrons. The summed E-state index contributed by atoms with van der Waals surface area (Å²) in [7, 11) is 0. The lowest BCUT2D eigenvalue weighted by molar-refractivity contribution is -0.130. The molecular formula is C20H26FN3O2S. The first-order valence-corrected chi connectivity index (χ1v) is 10.2. The Morgan fingerprint density at radius 3 is 2.70 bits per heavy atom. The molecule has 0 aromatic heterocycles. The van der Waals surface area contributed by atoms with Crippen LogP contribution in [-0.4, -0.2) is 39.7 Å². The van der Waals surface area contributed by atoms with Crippen LogP contribution >= 0.6 is 11.8 Å². The molecule has 1 aromatic rings. The summed E-state index contributed by atoms with van der Waals surface area (Å²) >= 11 is 1.44. The number of piperidine rings is 1. The summed E-state index contributed by atoms with van der Waals surface area (Å²) in [5, 5.41) is 3.42. The largest absolute Gasteiger partial charge is 0.343 e. The molecule has 0 radical (unpaired) electrons. The van der Waals surface area contributed by atoms with Gasteiger partial charge >= 0.3 is 0 Å². The zero-order valence-corrected chi connectivity index (χ0v) is 16.8. The summed E-state index contributed by atoms with van der Waals surface area (Å²) in [5.74, 6) is 0.195. The Hall–Kier alpha value is -1.89. The van der Waals surface area contributed by atoms with Gasteiger partial charge in [-0.15, -0.1) is 0 Å². The summed E-state index contributed by atoms with van der Waals surface area (Å²) in [6.07, 6.45) is 2.59. The van der Waals surface area contributed by atoms with E-state index in [4.69, 9.17) is 0 Å². The molecule has 2 saturated heterocycles. The second kappa shape index (κ2) is 8.00. The predicted octanol–water partition coefficient (Wildman–Crippen LogP) is 3.51. The van der Waals surface area contributed by atoms with E-state index in [0.717, 1.165) is 32.4 Å². The highest BCUT2D eigenvalue weighted by molar-refractivity contribution is 8.16. The maximum atomic E-state index is 13.9. The van der Waals surface area contributed by atoms with Gasteiger partial charge in [-0.05, 0) is 45.1 Å². The van der Waals surface area contributed by atoms with Gasteiger partial charge in [-0.25, -0.2) is 4.39 Å². The summed E-state index contributed by atoms with van der Waals surface area (Å²) in [4.78, 5) is 30.5. The predicted molar refractivity (Wildman–Crippen MR) is 106 cm³/mol. The van der Waals surface area contributed by atoms with E-state index in [-0.39, 0.29) is 23.7 Å². The van der Waals surface area contributed by atoms with Crippen molar-refractivity contribution in [3.05, 3.63) is 35.6 Å². The molecule has 3 rings (SSSR count). The van der Waals surface area contributed by atoms with Crippen LogP contribution in [0.2, 0.25) is 0 Å². The van der Waals surface area contributed by atoms with E-state index in [0.29, 0.717) is 16.6 Å². The normalized spacial score (nSPS) is 26.3. The van der Waals surface area contributed by atoms with Crippen molar-refractivity contribution in [1.82, 2.24) is 10.2 Å². The van der Waals surface area contributed by atoms with Gasteiger partial charge in [0.1, 0.15) is 5.82 Å². The minimum Gasteiger partial charge on any atom is -0.343 e. The minimum absolute atomic E-state index is 0.0408. The van der Waals surface area contributed by atoms with Crippen molar-refractivity contribution >= 4 is 28.7 Å². The Morgan fingerprint density at radius 2 is 2.07 bits per heavy atom. The number of hydrogen-bond donors (Lipinski definition) is 1. The van der Waals surface area contributed by atoms with Crippen LogP contribution in [0.5, 0.6) is 0 Å². The van der Waals surface area contributed by atoms with Crippen molar-refractivity contribution in [3.63, 3.8) is 0 Å². The molecule has 0 saturated carbocycles. The summed E-state index contributed by atoms with van der Waals surface area (Å²) in [5.41, 5.74) is 0.519. The van der Waals surface area contributed by atoms with Crippen LogP contribution in [0.3, 0.4) is 0 Å². The third kappa shape index (κ3) is 4.51. The van der Waals surface area contributed by atoms with E-state index in [9.17, 15) is 14.0 Å². The van der Waals surface area contributed by atoms with E-state index < -0.39 is 4.75 Å². The van der Waals surface area contributed by atoms with Crippen molar-refractivity contribution in [1.29, 1.82) is 0 Å². The number of rotatable bonds is 4. The lowest BCUT2D eigenvalue weighted by Crippen LogP contribution is -2.41. The Bertz CT molecular complexity index is 761. The number of carbonyl (C=O) groups excluding carboxylic acids is 2. The molecule has 2 aliphatic rings. The number of carbonyl (C=O) groups is 2. The second-order valence-electron chi connectivity index (χ2n) is 7.57. The molecular weight excluding hydrogens is 365 g/mol. The van der Waals surface area contributed by atoms with Gasteiger partial charge in [0.05, 0.1) is 10.8 Å². The van der Waals surface area contributed by atoms with Crippen molar-refractivity contribution in [2.45, 2.75) is 50.8 Å². The zero-order chi connectivity index (χ0) is 19.6. The lowest BCUT2D eigenvalue weighted by Gasteiger charge is -2.34. The Balaban J connectivity index is 1.64. The minimum atomic E-state index is -0.573. The molecule has 2 atom stereocenters. The number of benzene rings is 1. The fraction of sp³-hybridized carbons (Fsp3) is 0.550. The lowest BCUT2D eigenvalue weighted by atomic mass is 9.87. The molecule has 2 fully saturated rings. The SMILES string of the molecule is CC(=O)N1CCC(CC2(C)SC(=N[C@@H](C)c3ccccc3F)NC2=O)CC1. The zero-order valence-electron chi connectivity index (χ0n) is 16.0. The van der Waals surface area contributed by atoms with Gasteiger partial charge in [0.25, 0.3) is 0 Å². The van der Waals surface area contributed by atoms with Crippen LogP contribution in [0, 0.1) is 11.7 Å². The number of hydrogen-bond acceptors (Lipinski definition) is 4. The fourth-order valence-corrected chi connectivity index (χ4v) is 5.01. The second-order valence-corrected chi connectivity index (χ2v) is 9.06. The molecule has 0 bridgehead atoms. The molecule has 1 aromatic carbocycles. The summed E-state index contributed by atoms with van der Waals surface area (Å²) in [6.45, 7) is 6.88. The Kier molecular flexibility index (Phi) is 5.89. The molecule has 0 aliphatic carbocycles. The highest BCUT2D eigenvalue weighted by atomic mass is 32.2. The highest BCUT2D eigenvalue weighted by Crippen LogP contribution is 2.40. The first-order valence-electron chi connectivity index (χ1n) is 9.37. The average molecular weight is 392 g/mol. The number of amides is 2. The van der Waals surface area contributed by atoms with E-state index in [1.165, 1.54) is 17.8 Å². The van der Waals surface area contributed by atoms with E-state index in [1.54, 1.807) is 25.1 Å². The number of aliphatic imine (C=N–C) groups is 1. The monoisotopic (exact) mass is 391 g/mol. The number of amidine groups is 1. The highest BCUT2D eigenvalue weighted by Gasteiger charge is 2.44. The van der Waals surface area contributed by atoms with Crippen LogP contribution in [-0.2, 0) is 9.59 Å². The number of nitrogens with zero attached hydrogens (tertiary/aromatic N) is 2. The van der Waals surface area contributed by atoms with Crippen LogP contribution < -0.4 is 5.32 Å². The summed E-state index contributed by atoms with van der Waals surface area (Å²) in [6, 6.07) is 6.21. The fourth-order valence-electron chi connectivity index (χ4n) is 3.77. The quantitative estimate of drug-likeness (QED) is 0.854. The van der Waals surface area contributed by atoms with Crippen LogP contribution in [0.1, 0.15) is 51.6 Å². The van der Waals surface area contributed by atoms with Crippen molar-refractivity contribution in [2.24, 2.45) is 10.9 Å². The maximum Gasteiger partial charge on any atom is 0.242 e. The van der Waals surface area contributed by atoms with Crippen molar-refractivity contribution in [2.75, 3.05) is 13.1 Å². The van der Waals surface area contributed by atoms with Gasteiger partial charge in [0, 0.05) is 25.6 Å². The number of nitrogens with one attached hydrogen (secondary N) is 1. The van der Waals surface area contributed by atoms with Gasteiger partial charge in [-0.1, -0.05) is 30.0 Å². The number of thioether (sulfide) groups is 1. The van der Waals surface area contributed by atoms with Crippen LogP contribution in [0.15, 0.2) is 29.3 Å². The van der Waals surface area contributed by atoms with E-state index in [1.807, 2.05) is 18.7 Å². The van der Waals surface area contributed by atoms with Gasteiger partial charge in [-0.2, -0.15) is 0 Å². The molecule has 5 nitrogen and oxygen atoms in total. The molecule has 0 spiro atoms. The van der Waals surface area contributed by atoms with Gasteiger partial charge in [-0.3, -0.25) is 14.6 Å². The van der Waals surface area contributed by atoms with Crippen LogP contribution in [0.4, 0.5) is 4.39 Å². The Morgan fingerprint density at radius 1 is 1.41 bits per heavy atom. The van der Waals surface area contributed by atoms with Gasteiger partial charge in [0.2, 0.25) is 11.8 Å². The average Bonchev–Trinajstić information content (AvgIpc) is 2.89. The maximum absolute atomic E-state index is 13.9. The standard InChI is InChI=1S/C20H26FN3O2S/c1-13(16-6-4-5-7-17(16)21)22-19-23-18(26)20(3,27-19)12-15-8-10-24(11-9-15)14(2)25/h4-7,13,15H,8-12H2,1-3H3,(H,22,23,26)/t13-,20?/m0/s1. The first-order chi connectivity index (χ1) is 12.8. The topological polar surface area (TPSA) is 61.8 Å². The van der Waals surface area contributed by atoms with E-state index in [2.05, 4.69) is 10.3 Å². The smallest absolute Gasteiger partial charge is 0.242 e. The molecule has 2 aliphatic heterocycles. The molecule has 1 unspecified atom stereocenters. The van der Waals surface area contributed by atoms with Crippen molar-refractivity contribution < 1.29 is 14.0 Å². The molecule has 27 heavy (non-hydrogen) atoms. The van der Waals surface area contributed by atoms with Crippen molar-refractivity contribution in [3.8, 4) is 0 Å². The molecule has 7 heteroatoms. The first kappa shape index (κ1) is 19.9. The Labute approximate surface area is 163 Å². The van der Waals surface area contributed by atoms with E-state index >= 15 is 0 Å². The molecule has 2 amide bonds. The number of halogens is 1. The number of likely N-dealkylation sites (tertiary alicyclic amines) is 1. The molecule has 2 heterocycles. The third-order valence-corrected chi connectivity index (χ3v) is 6.63. The third-order valence-electron chi connectivity index (χ3n) is 5.43. The molecule has 1 N–H and O–H groups in total. The van der Waals surface area contributed by atoms with Gasteiger partial charge < -0.3 is 10.2 Å². The van der Waals surface area contributed by atoms with Gasteiger partial charge in [0.15, 0.2) is 5.17 Å². The summed E-state index contributed by atoms with van der Waals surface area (Å²) < 4.78 is 13.4.